The number of carbonyl (C=O) groups is 1. The van der Waals surface area contributed by atoms with Crippen LogP contribution in [0.5, 0.6) is 0 Å². The highest BCUT2D eigenvalue weighted by Crippen LogP contribution is 2.18. The highest BCUT2D eigenvalue weighted by atomic mass is 16.5. The third kappa shape index (κ3) is 3.80. The van der Waals surface area contributed by atoms with Gasteiger partial charge >= 0.3 is 5.97 Å². The van der Waals surface area contributed by atoms with Gasteiger partial charge in [-0.15, -0.1) is 0 Å². The van der Waals surface area contributed by atoms with Crippen molar-refractivity contribution in [1.82, 2.24) is 5.32 Å². The first-order valence-corrected chi connectivity index (χ1v) is 5.68. The fourth-order valence-corrected chi connectivity index (χ4v) is 2.09. The normalized spacial score (nSPS) is 28.5. The number of methoxy groups -OCH3 is 1. The summed E-state index contributed by atoms with van der Waals surface area (Å²) in [6.07, 6.45) is 3.90. The Bertz CT molecular complexity index is 208. The molecule has 0 unspecified atom stereocenters. The zero-order valence-electron chi connectivity index (χ0n) is 9.53. The lowest BCUT2D eigenvalue weighted by atomic mass is 9.92. The summed E-state index contributed by atoms with van der Waals surface area (Å²) in [7, 11) is 1.41. The molecule has 1 saturated heterocycles. The standard InChI is InChI=1S/C11H21NO3/c1-3-10(13)9-6-4-5-8(12-9)7-11(14)15-2/h8-10,12-13H,3-7H2,1-2H3/t8-,9+,10+/m0/s1. The summed E-state index contributed by atoms with van der Waals surface area (Å²) in [6, 6.07) is 0.302. The van der Waals surface area contributed by atoms with Crippen LogP contribution in [0.2, 0.25) is 0 Å². The van der Waals surface area contributed by atoms with Crippen molar-refractivity contribution in [3.8, 4) is 0 Å². The summed E-state index contributed by atoms with van der Waals surface area (Å²) in [6.45, 7) is 1.97. The molecule has 1 aliphatic rings. The molecule has 3 atom stereocenters. The molecule has 0 amide bonds. The minimum atomic E-state index is -0.301. The zero-order chi connectivity index (χ0) is 11.3. The second kappa shape index (κ2) is 6.08. The van der Waals surface area contributed by atoms with E-state index in [9.17, 15) is 9.90 Å². The molecule has 0 aromatic heterocycles. The molecular formula is C11H21NO3. The minimum absolute atomic E-state index is 0.137. The molecule has 1 fully saturated rings. The summed E-state index contributed by atoms with van der Waals surface area (Å²) >= 11 is 0. The van der Waals surface area contributed by atoms with Crippen molar-refractivity contribution in [3.05, 3.63) is 0 Å². The monoisotopic (exact) mass is 215 g/mol. The van der Waals surface area contributed by atoms with Gasteiger partial charge < -0.3 is 15.2 Å². The Kier molecular flexibility index (Phi) is 5.05. The predicted octanol–water partition coefficient (Wildman–Crippen LogP) is 0.831. The van der Waals surface area contributed by atoms with Crippen LogP contribution in [0, 0.1) is 0 Å². The van der Waals surface area contributed by atoms with Crippen LogP contribution in [0.1, 0.15) is 39.0 Å². The first-order valence-electron chi connectivity index (χ1n) is 5.68. The predicted molar refractivity (Wildman–Crippen MR) is 57.5 cm³/mol. The Balaban J connectivity index is 2.38. The molecule has 0 aromatic rings. The topological polar surface area (TPSA) is 58.6 Å². The number of piperidine rings is 1. The van der Waals surface area contributed by atoms with E-state index in [1.54, 1.807) is 0 Å². The maximum absolute atomic E-state index is 11.1. The van der Waals surface area contributed by atoms with E-state index in [2.05, 4.69) is 10.1 Å². The highest BCUT2D eigenvalue weighted by Gasteiger charge is 2.26. The smallest absolute Gasteiger partial charge is 0.307 e. The molecule has 0 spiro atoms. The maximum atomic E-state index is 11.1. The van der Waals surface area contributed by atoms with Gasteiger partial charge in [0, 0.05) is 12.1 Å². The fourth-order valence-electron chi connectivity index (χ4n) is 2.09. The number of rotatable bonds is 4. The van der Waals surface area contributed by atoms with Gasteiger partial charge in [0.2, 0.25) is 0 Å². The van der Waals surface area contributed by atoms with E-state index in [1.165, 1.54) is 7.11 Å². The first-order chi connectivity index (χ1) is 7.17. The summed E-state index contributed by atoms with van der Waals surface area (Å²) in [5.41, 5.74) is 0. The number of nitrogens with one attached hydrogen (secondary N) is 1. The lowest BCUT2D eigenvalue weighted by Crippen LogP contribution is -2.49. The van der Waals surface area contributed by atoms with Crippen LogP contribution in [0.25, 0.3) is 0 Å². The number of aliphatic hydroxyl groups is 1. The quantitative estimate of drug-likeness (QED) is 0.682. The van der Waals surface area contributed by atoms with Gasteiger partial charge in [-0.2, -0.15) is 0 Å². The van der Waals surface area contributed by atoms with Crippen molar-refractivity contribution < 1.29 is 14.6 Å². The summed E-state index contributed by atoms with van der Waals surface area (Å²) in [5, 5.41) is 13.0. The Morgan fingerprint density at radius 3 is 2.93 bits per heavy atom. The van der Waals surface area contributed by atoms with Crippen molar-refractivity contribution in [1.29, 1.82) is 0 Å². The maximum Gasteiger partial charge on any atom is 0.307 e. The number of carbonyl (C=O) groups excluding carboxylic acids is 1. The number of hydrogen-bond acceptors (Lipinski definition) is 4. The molecule has 0 radical (unpaired) electrons. The Morgan fingerprint density at radius 2 is 2.33 bits per heavy atom. The molecule has 0 aromatic carbocycles. The Hall–Kier alpha value is -0.610. The molecule has 4 nitrogen and oxygen atoms in total. The van der Waals surface area contributed by atoms with E-state index in [0.717, 1.165) is 25.7 Å². The van der Waals surface area contributed by atoms with Gasteiger partial charge in [0.05, 0.1) is 19.6 Å². The van der Waals surface area contributed by atoms with Crippen LogP contribution < -0.4 is 5.32 Å². The molecule has 1 rings (SSSR count). The highest BCUT2D eigenvalue weighted by molar-refractivity contribution is 5.69. The zero-order valence-corrected chi connectivity index (χ0v) is 9.53. The molecule has 15 heavy (non-hydrogen) atoms. The van der Waals surface area contributed by atoms with Crippen LogP contribution >= 0.6 is 0 Å². The van der Waals surface area contributed by atoms with E-state index >= 15 is 0 Å². The van der Waals surface area contributed by atoms with E-state index in [0.29, 0.717) is 6.42 Å². The number of ether oxygens (including phenoxy) is 1. The number of hydrogen-bond donors (Lipinski definition) is 2. The van der Waals surface area contributed by atoms with Gasteiger partial charge in [-0.1, -0.05) is 13.3 Å². The van der Waals surface area contributed by atoms with Crippen LogP contribution in [0.3, 0.4) is 0 Å². The third-order valence-corrected chi connectivity index (χ3v) is 3.04. The SMILES string of the molecule is CC[C@@H](O)[C@H]1CCC[C@@H](CC(=O)OC)N1. The summed E-state index contributed by atoms with van der Waals surface area (Å²) < 4.78 is 4.63. The lowest BCUT2D eigenvalue weighted by molar-refractivity contribution is -0.141. The molecule has 1 aliphatic heterocycles. The molecule has 0 bridgehead atoms. The molecule has 0 saturated carbocycles. The van der Waals surface area contributed by atoms with E-state index in [-0.39, 0.29) is 24.2 Å². The number of aliphatic hydroxyl groups excluding tert-OH is 1. The average molecular weight is 215 g/mol. The second-order valence-electron chi connectivity index (χ2n) is 4.16. The Labute approximate surface area is 91.0 Å². The van der Waals surface area contributed by atoms with Crippen molar-refractivity contribution >= 4 is 5.97 Å². The number of esters is 1. The van der Waals surface area contributed by atoms with Gasteiger partial charge in [-0.3, -0.25) is 4.79 Å². The van der Waals surface area contributed by atoms with Gasteiger partial charge in [0.15, 0.2) is 0 Å². The largest absolute Gasteiger partial charge is 0.469 e. The van der Waals surface area contributed by atoms with Crippen molar-refractivity contribution in [2.24, 2.45) is 0 Å². The molecule has 88 valence electrons. The fraction of sp³-hybridized carbons (Fsp3) is 0.909. The molecule has 4 heteroatoms. The molecular weight excluding hydrogens is 194 g/mol. The van der Waals surface area contributed by atoms with Crippen molar-refractivity contribution in [2.75, 3.05) is 7.11 Å². The summed E-state index contributed by atoms with van der Waals surface area (Å²) in [5.74, 6) is -0.181. The Morgan fingerprint density at radius 1 is 1.60 bits per heavy atom. The van der Waals surface area contributed by atoms with Crippen LogP contribution in [-0.2, 0) is 9.53 Å². The second-order valence-corrected chi connectivity index (χ2v) is 4.16. The van der Waals surface area contributed by atoms with E-state index in [1.807, 2.05) is 6.92 Å². The average Bonchev–Trinajstić information content (AvgIpc) is 2.28. The van der Waals surface area contributed by atoms with Crippen molar-refractivity contribution in [2.45, 2.75) is 57.2 Å². The third-order valence-electron chi connectivity index (χ3n) is 3.04. The van der Waals surface area contributed by atoms with Crippen LogP contribution in [0.15, 0.2) is 0 Å². The van der Waals surface area contributed by atoms with Gasteiger partial charge in [0.1, 0.15) is 0 Å². The van der Waals surface area contributed by atoms with Gasteiger partial charge in [0.25, 0.3) is 0 Å². The van der Waals surface area contributed by atoms with E-state index < -0.39 is 0 Å². The minimum Gasteiger partial charge on any atom is -0.469 e. The van der Waals surface area contributed by atoms with Crippen molar-refractivity contribution in [3.63, 3.8) is 0 Å². The van der Waals surface area contributed by atoms with Crippen LogP contribution in [0.4, 0.5) is 0 Å². The molecule has 1 heterocycles. The van der Waals surface area contributed by atoms with E-state index in [4.69, 9.17) is 0 Å². The first kappa shape index (κ1) is 12.5. The summed E-state index contributed by atoms with van der Waals surface area (Å²) in [4.78, 5) is 11.1. The lowest BCUT2D eigenvalue weighted by Gasteiger charge is -2.33. The van der Waals surface area contributed by atoms with Gasteiger partial charge in [-0.05, 0) is 19.3 Å². The van der Waals surface area contributed by atoms with Crippen LogP contribution in [-0.4, -0.2) is 36.4 Å². The molecule has 0 aliphatic carbocycles. The molecule has 2 N–H and O–H groups in total. The van der Waals surface area contributed by atoms with Gasteiger partial charge in [-0.25, -0.2) is 0 Å².